The first-order valence-electron chi connectivity index (χ1n) is 6.62. The Kier molecular flexibility index (Phi) is 3.41. The van der Waals surface area contributed by atoms with Crippen LogP contribution in [-0.2, 0) is 0 Å². The molecule has 2 atom stereocenters. The summed E-state index contributed by atoms with van der Waals surface area (Å²) in [5, 5.41) is 0.789. The predicted molar refractivity (Wildman–Crippen MR) is 78.5 cm³/mol. The molecule has 1 aliphatic rings. The lowest BCUT2D eigenvalue weighted by Crippen LogP contribution is -2.44. The van der Waals surface area contributed by atoms with E-state index in [-0.39, 0.29) is 5.91 Å². The molecule has 2 unspecified atom stereocenters. The molecule has 0 bridgehead atoms. The molecule has 6 heteroatoms. The van der Waals surface area contributed by atoms with Crippen molar-refractivity contribution in [1.82, 2.24) is 14.9 Å². The Balaban J connectivity index is 1.98. The summed E-state index contributed by atoms with van der Waals surface area (Å²) in [6, 6.07) is 2.64. The SMILES string of the molecule is CC1CN(C(=O)c2cc(F)cc3[nH]cnc23)CC(C)S1. The van der Waals surface area contributed by atoms with Crippen LogP contribution < -0.4 is 0 Å². The molecule has 0 spiro atoms. The number of nitrogens with one attached hydrogen (secondary N) is 1. The molecule has 1 aromatic heterocycles. The number of fused-ring (bicyclic) bond motifs is 1. The zero-order chi connectivity index (χ0) is 14.3. The fourth-order valence-corrected chi connectivity index (χ4v) is 4.02. The van der Waals surface area contributed by atoms with E-state index >= 15 is 0 Å². The monoisotopic (exact) mass is 293 g/mol. The van der Waals surface area contributed by atoms with Gasteiger partial charge in [0, 0.05) is 23.6 Å². The number of carbonyl (C=O) groups excluding carboxylic acids is 1. The summed E-state index contributed by atoms with van der Waals surface area (Å²) in [5.74, 6) is -0.557. The molecule has 1 aliphatic heterocycles. The summed E-state index contributed by atoms with van der Waals surface area (Å²) in [6.45, 7) is 5.60. The summed E-state index contributed by atoms with van der Waals surface area (Å²) in [5.41, 5.74) is 1.43. The lowest BCUT2D eigenvalue weighted by molar-refractivity contribution is 0.0754. The third-order valence-electron chi connectivity index (χ3n) is 3.43. The van der Waals surface area contributed by atoms with Crippen molar-refractivity contribution in [3.63, 3.8) is 0 Å². The van der Waals surface area contributed by atoms with E-state index in [0.717, 1.165) is 0 Å². The number of benzene rings is 1. The normalized spacial score (nSPS) is 23.2. The number of thioether (sulfide) groups is 1. The lowest BCUT2D eigenvalue weighted by Gasteiger charge is -2.34. The molecule has 1 N–H and O–H groups in total. The van der Waals surface area contributed by atoms with Crippen LogP contribution in [0.3, 0.4) is 0 Å². The number of carbonyl (C=O) groups is 1. The van der Waals surface area contributed by atoms with Crippen molar-refractivity contribution in [2.24, 2.45) is 0 Å². The number of hydrogen-bond acceptors (Lipinski definition) is 3. The highest BCUT2D eigenvalue weighted by atomic mass is 32.2. The van der Waals surface area contributed by atoms with Crippen molar-refractivity contribution in [1.29, 1.82) is 0 Å². The maximum Gasteiger partial charge on any atom is 0.256 e. The van der Waals surface area contributed by atoms with Crippen LogP contribution >= 0.6 is 11.8 Å². The van der Waals surface area contributed by atoms with E-state index in [1.807, 2.05) is 11.8 Å². The molecular weight excluding hydrogens is 277 g/mol. The number of aromatic amines is 1. The van der Waals surface area contributed by atoms with Gasteiger partial charge in [0.1, 0.15) is 11.3 Å². The third-order valence-corrected chi connectivity index (χ3v) is 4.65. The van der Waals surface area contributed by atoms with Gasteiger partial charge in [0.2, 0.25) is 0 Å². The van der Waals surface area contributed by atoms with Gasteiger partial charge in [0.05, 0.1) is 17.4 Å². The highest BCUT2D eigenvalue weighted by molar-refractivity contribution is 8.00. The summed E-state index contributed by atoms with van der Waals surface area (Å²) < 4.78 is 13.6. The predicted octanol–water partition coefficient (Wildman–Crippen LogP) is 2.67. The van der Waals surface area contributed by atoms with Crippen LogP contribution in [0.15, 0.2) is 18.5 Å². The standard InChI is InChI=1S/C14H16FN3OS/c1-8-5-18(6-9(2)20-8)14(19)11-3-10(15)4-12-13(11)17-7-16-12/h3-4,7-9H,5-6H2,1-2H3,(H,16,17). The molecule has 4 nitrogen and oxygen atoms in total. The van der Waals surface area contributed by atoms with Crippen molar-refractivity contribution in [2.75, 3.05) is 13.1 Å². The molecular formula is C14H16FN3OS. The first-order valence-corrected chi connectivity index (χ1v) is 7.56. The van der Waals surface area contributed by atoms with Gasteiger partial charge in [-0.3, -0.25) is 4.79 Å². The van der Waals surface area contributed by atoms with Gasteiger partial charge in [-0.25, -0.2) is 9.37 Å². The van der Waals surface area contributed by atoms with Gasteiger partial charge in [-0.15, -0.1) is 0 Å². The largest absolute Gasteiger partial charge is 0.344 e. The number of nitrogens with zero attached hydrogens (tertiary/aromatic N) is 2. The molecule has 1 fully saturated rings. The summed E-state index contributed by atoms with van der Waals surface area (Å²) >= 11 is 1.88. The van der Waals surface area contributed by atoms with Crippen molar-refractivity contribution in [3.8, 4) is 0 Å². The minimum absolute atomic E-state index is 0.138. The number of rotatable bonds is 1. The van der Waals surface area contributed by atoms with Gasteiger partial charge in [0.25, 0.3) is 5.91 Å². The minimum atomic E-state index is -0.419. The number of amides is 1. The molecule has 2 heterocycles. The average Bonchev–Trinajstić information content (AvgIpc) is 2.83. The Bertz CT molecular complexity index is 647. The van der Waals surface area contributed by atoms with Crippen molar-refractivity contribution in [3.05, 3.63) is 29.8 Å². The fourth-order valence-electron chi connectivity index (χ4n) is 2.69. The van der Waals surface area contributed by atoms with E-state index in [9.17, 15) is 9.18 Å². The maximum absolute atomic E-state index is 13.6. The van der Waals surface area contributed by atoms with Gasteiger partial charge in [-0.2, -0.15) is 11.8 Å². The molecule has 1 saturated heterocycles. The molecule has 0 aliphatic carbocycles. The molecule has 106 valence electrons. The second-order valence-corrected chi connectivity index (χ2v) is 7.10. The molecule has 3 rings (SSSR count). The van der Waals surface area contributed by atoms with E-state index in [2.05, 4.69) is 23.8 Å². The lowest BCUT2D eigenvalue weighted by atomic mass is 10.1. The molecule has 0 saturated carbocycles. The van der Waals surface area contributed by atoms with Gasteiger partial charge < -0.3 is 9.88 Å². The van der Waals surface area contributed by atoms with E-state index in [4.69, 9.17) is 0 Å². The zero-order valence-electron chi connectivity index (χ0n) is 11.4. The second kappa shape index (κ2) is 5.09. The van der Waals surface area contributed by atoms with Crippen LogP contribution in [0.25, 0.3) is 11.0 Å². The van der Waals surface area contributed by atoms with Gasteiger partial charge in [-0.1, -0.05) is 13.8 Å². The zero-order valence-corrected chi connectivity index (χ0v) is 12.2. The molecule has 0 radical (unpaired) electrons. The first kappa shape index (κ1) is 13.4. The minimum Gasteiger partial charge on any atom is -0.344 e. The molecule has 1 aromatic carbocycles. The number of aromatic nitrogens is 2. The van der Waals surface area contributed by atoms with Gasteiger partial charge in [-0.05, 0) is 12.1 Å². The first-order chi connectivity index (χ1) is 9.54. The number of halogens is 1. The Hall–Kier alpha value is -1.56. The Morgan fingerprint density at radius 1 is 1.40 bits per heavy atom. The van der Waals surface area contributed by atoms with Gasteiger partial charge >= 0.3 is 0 Å². The van der Waals surface area contributed by atoms with E-state index in [0.29, 0.717) is 40.2 Å². The number of hydrogen-bond donors (Lipinski definition) is 1. The fraction of sp³-hybridized carbons (Fsp3) is 0.429. The quantitative estimate of drug-likeness (QED) is 0.879. The van der Waals surface area contributed by atoms with E-state index < -0.39 is 5.82 Å². The molecule has 2 aromatic rings. The summed E-state index contributed by atoms with van der Waals surface area (Å²) in [7, 11) is 0. The molecule has 20 heavy (non-hydrogen) atoms. The van der Waals surface area contributed by atoms with Crippen LogP contribution in [0.1, 0.15) is 24.2 Å². The van der Waals surface area contributed by atoms with Crippen molar-refractivity contribution >= 4 is 28.7 Å². The maximum atomic E-state index is 13.6. The van der Waals surface area contributed by atoms with Crippen LogP contribution in [0.5, 0.6) is 0 Å². The Labute approximate surface area is 120 Å². The smallest absolute Gasteiger partial charge is 0.256 e. The van der Waals surface area contributed by atoms with Gasteiger partial charge in [0.15, 0.2) is 0 Å². The van der Waals surface area contributed by atoms with E-state index in [1.54, 1.807) is 4.90 Å². The van der Waals surface area contributed by atoms with Crippen molar-refractivity contribution in [2.45, 2.75) is 24.3 Å². The van der Waals surface area contributed by atoms with Crippen LogP contribution in [-0.4, -0.2) is 44.4 Å². The van der Waals surface area contributed by atoms with Crippen LogP contribution in [0.2, 0.25) is 0 Å². The van der Waals surface area contributed by atoms with Crippen LogP contribution in [0.4, 0.5) is 4.39 Å². The second-order valence-electron chi connectivity index (χ2n) is 5.22. The third kappa shape index (κ3) is 2.40. The average molecular weight is 293 g/mol. The van der Waals surface area contributed by atoms with Crippen molar-refractivity contribution < 1.29 is 9.18 Å². The summed E-state index contributed by atoms with van der Waals surface area (Å²) in [4.78, 5) is 21.4. The van der Waals surface area contributed by atoms with E-state index in [1.165, 1.54) is 18.5 Å². The molecule has 1 amide bonds. The highest BCUT2D eigenvalue weighted by Gasteiger charge is 2.28. The Morgan fingerprint density at radius 2 is 2.10 bits per heavy atom. The summed E-state index contributed by atoms with van der Waals surface area (Å²) in [6.07, 6.45) is 1.48. The van der Waals surface area contributed by atoms with Crippen LogP contribution in [0, 0.1) is 5.82 Å². The topological polar surface area (TPSA) is 49.0 Å². The Morgan fingerprint density at radius 3 is 2.80 bits per heavy atom. The number of H-pyrrole nitrogens is 1. The highest BCUT2D eigenvalue weighted by Crippen LogP contribution is 2.27. The number of imidazole rings is 1.